The molecule has 55 heavy (non-hydrogen) atoms. The van der Waals surface area contributed by atoms with Crippen molar-refractivity contribution in [3.8, 4) is 11.5 Å². The van der Waals surface area contributed by atoms with Gasteiger partial charge in [0.25, 0.3) is 14.1 Å². The van der Waals surface area contributed by atoms with Crippen molar-refractivity contribution in [1.29, 1.82) is 0 Å². The standard InChI is InChI=1S/C40H50N3O10PS/c1-26(2)43(27(3)4)54-51-20-21-55(46,47)25-29-8-10-30(11-9-29)40(31-12-16-33(48-6)17-13-31,32-14-18-34(49-7)19-15-32)50-24-36-35(53-54)22-37(52-36)42-23-28(5)38(44)41-39(42)45/h8-19,23,26-27,35-37H,20-22,24-25H2,1-7H3,(H,41,44,45)/t35-,36+,37+,54?/m0/s1. The minimum absolute atomic E-state index is 0.00102. The molecule has 1 N–H and O–H groups in total. The molecule has 4 aromatic rings. The first-order valence-corrected chi connectivity index (χ1v) is 21.3. The maximum Gasteiger partial charge on any atom is 0.330 e. The molecule has 7 rings (SSSR count). The highest BCUT2D eigenvalue weighted by Gasteiger charge is 2.45. The van der Waals surface area contributed by atoms with Crippen LogP contribution < -0.4 is 20.7 Å². The minimum atomic E-state index is -3.59. The van der Waals surface area contributed by atoms with E-state index in [-0.39, 0.29) is 43.2 Å². The SMILES string of the molecule is COc1ccc(C2(c3ccc(OC)cc3)OC[C@H]3O[C@@H](n4cc(C)c(=O)[nH]c4=O)C[C@@H]3OP(N(C(C)C)C(C)C)OCCS(=O)(=O)Cc3ccc2cc3)cc1. The highest BCUT2D eigenvalue weighted by atomic mass is 32.2. The monoisotopic (exact) mass is 795 g/mol. The molecule has 3 aliphatic rings. The zero-order valence-electron chi connectivity index (χ0n) is 32.3. The summed E-state index contributed by atoms with van der Waals surface area (Å²) < 4.78 is 68.7. The topological polar surface area (TPSA) is 148 Å². The largest absolute Gasteiger partial charge is 0.497 e. The number of H-pyrrole nitrogens is 1. The average Bonchev–Trinajstić information content (AvgIpc) is 3.55. The van der Waals surface area contributed by atoms with Crippen LogP contribution in [0.2, 0.25) is 0 Å². The van der Waals surface area contributed by atoms with E-state index in [0.717, 1.165) is 16.7 Å². The van der Waals surface area contributed by atoms with Gasteiger partial charge in [-0.05, 0) is 81.1 Å². The molecule has 4 atom stereocenters. The van der Waals surface area contributed by atoms with Crippen molar-refractivity contribution in [3.63, 3.8) is 0 Å². The van der Waals surface area contributed by atoms with Crippen LogP contribution in [-0.2, 0) is 39.7 Å². The van der Waals surface area contributed by atoms with Crippen LogP contribution in [0.15, 0.2) is 88.6 Å². The molecule has 0 aliphatic carbocycles. The maximum absolute atomic E-state index is 13.5. The highest BCUT2D eigenvalue weighted by Crippen LogP contribution is 2.51. The van der Waals surface area contributed by atoms with Gasteiger partial charge >= 0.3 is 5.69 Å². The summed E-state index contributed by atoms with van der Waals surface area (Å²) in [5.74, 6) is 0.950. The van der Waals surface area contributed by atoms with E-state index < -0.39 is 53.6 Å². The highest BCUT2D eigenvalue weighted by molar-refractivity contribution is 7.90. The Morgan fingerprint density at radius 3 is 1.93 bits per heavy atom. The minimum Gasteiger partial charge on any atom is -0.497 e. The molecule has 0 amide bonds. The van der Waals surface area contributed by atoms with Crippen molar-refractivity contribution < 1.29 is 36.4 Å². The van der Waals surface area contributed by atoms with Crippen LogP contribution in [0.25, 0.3) is 0 Å². The van der Waals surface area contributed by atoms with E-state index in [0.29, 0.717) is 22.6 Å². The number of benzene rings is 3. The van der Waals surface area contributed by atoms with E-state index in [4.69, 9.17) is 28.0 Å². The van der Waals surface area contributed by atoms with Gasteiger partial charge in [-0.1, -0.05) is 48.5 Å². The summed E-state index contributed by atoms with van der Waals surface area (Å²) in [6, 6.07) is 22.6. The van der Waals surface area contributed by atoms with E-state index in [1.807, 2.05) is 100 Å². The zero-order valence-corrected chi connectivity index (χ0v) is 34.0. The second-order valence-corrected chi connectivity index (χ2v) is 18.0. The van der Waals surface area contributed by atoms with Crippen molar-refractivity contribution in [2.24, 2.45) is 0 Å². The van der Waals surface area contributed by atoms with Crippen LogP contribution in [-0.4, -0.2) is 80.1 Å². The first-order valence-electron chi connectivity index (χ1n) is 18.3. The fraction of sp³-hybridized carbons (Fsp3) is 0.450. The van der Waals surface area contributed by atoms with Gasteiger partial charge < -0.3 is 28.0 Å². The van der Waals surface area contributed by atoms with Gasteiger partial charge in [0.2, 0.25) is 0 Å². The molecule has 1 saturated heterocycles. The Labute approximate surface area is 323 Å². The number of nitrogens with one attached hydrogen (secondary N) is 1. The molecule has 0 spiro atoms. The molecule has 0 saturated carbocycles. The average molecular weight is 796 g/mol. The first-order chi connectivity index (χ1) is 26.2. The Morgan fingerprint density at radius 1 is 0.855 bits per heavy atom. The molecule has 0 radical (unpaired) electrons. The summed E-state index contributed by atoms with van der Waals surface area (Å²) in [7, 11) is -2.20. The van der Waals surface area contributed by atoms with Gasteiger partial charge in [-0.2, -0.15) is 0 Å². The third-order valence-electron chi connectivity index (χ3n) is 9.91. The molecule has 3 aliphatic heterocycles. The molecule has 1 fully saturated rings. The molecule has 296 valence electrons. The molecule has 15 heteroatoms. The normalized spacial score (nSPS) is 22.9. The van der Waals surface area contributed by atoms with E-state index >= 15 is 0 Å². The Morgan fingerprint density at radius 2 is 1.40 bits per heavy atom. The molecule has 1 aromatic heterocycles. The Balaban J connectivity index is 1.53. The molecule has 2 bridgehead atoms. The summed E-state index contributed by atoms with van der Waals surface area (Å²) in [4.78, 5) is 27.9. The van der Waals surface area contributed by atoms with Crippen LogP contribution in [0.1, 0.15) is 68.2 Å². The number of hydrogen-bond donors (Lipinski definition) is 1. The smallest absolute Gasteiger partial charge is 0.330 e. The van der Waals surface area contributed by atoms with E-state index in [2.05, 4.69) is 9.65 Å². The van der Waals surface area contributed by atoms with Crippen molar-refractivity contribution in [1.82, 2.24) is 14.2 Å². The van der Waals surface area contributed by atoms with Gasteiger partial charge in [0.1, 0.15) is 29.4 Å². The number of nitrogens with zero attached hydrogens (tertiary/aromatic N) is 2. The van der Waals surface area contributed by atoms with E-state index in [9.17, 15) is 18.0 Å². The fourth-order valence-corrected chi connectivity index (χ4v) is 10.2. The lowest BCUT2D eigenvalue weighted by molar-refractivity contribution is -0.0925. The molecule has 4 heterocycles. The zero-order chi connectivity index (χ0) is 39.5. The van der Waals surface area contributed by atoms with Crippen molar-refractivity contribution in [2.45, 2.75) is 82.9 Å². The Hall–Kier alpha value is -3.88. The van der Waals surface area contributed by atoms with Crippen LogP contribution in [0.5, 0.6) is 11.5 Å². The Bertz CT molecular complexity index is 2080. The maximum atomic E-state index is 13.5. The molecular formula is C40H50N3O10PS. The number of rotatable bonds is 8. The van der Waals surface area contributed by atoms with Crippen LogP contribution in [0, 0.1) is 6.92 Å². The van der Waals surface area contributed by atoms with Gasteiger partial charge in [-0.3, -0.25) is 14.3 Å². The molecular weight excluding hydrogens is 745 g/mol. The summed E-state index contributed by atoms with van der Waals surface area (Å²) in [5, 5.41) is 0. The fourth-order valence-electron chi connectivity index (χ4n) is 7.19. The Kier molecular flexibility index (Phi) is 12.7. The van der Waals surface area contributed by atoms with Crippen molar-refractivity contribution in [3.05, 3.63) is 128 Å². The van der Waals surface area contributed by atoms with Gasteiger partial charge in [0.05, 0.1) is 45.0 Å². The number of aryl methyl sites for hydroxylation is 1. The number of methoxy groups -OCH3 is 2. The van der Waals surface area contributed by atoms with Crippen LogP contribution in [0.3, 0.4) is 0 Å². The van der Waals surface area contributed by atoms with Gasteiger partial charge in [0, 0.05) is 30.3 Å². The van der Waals surface area contributed by atoms with E-state index in [1.165, 1.54) is 10.8 Å². The number of sulfone groups is 1. The summed E-state index contributed by atoms with van der Waals surface area (Å²) in [5.41, 5.74) is 0.925. The lowest BCUT2D eigenvalue weighted by Crippen LogP contribution is -2.40. The first kappa shape index (κ1) is 40.8. The van der Waals surface area contributed by atoms with Crippen LogP contribution >= 0.6 is 8.53 Å². The lowest BCUT2D eigenvalue weighted by Gasteiger charge is -2.39. The number of aromatic amines is 1. The quantitative estimate of drug-likeness (QED) is 0.215. The summed E-state index contributed by atoms with van der Waals surface area (Å²) in [6.45, 7) is 9.67. The lowest BCUT2D eigenvalue weighted by atomic mass is 9.79. The number of fused-ring (bicyclic) bond motifs is 10. The predicted molar refractivity (Wildman–Crippen MR) is 210 cm³/mol. The third-order valence-corrected chi connectivity index (χ3v) is 13.6. The summed E-state index contributed by atoms with van der Waals surface area (Å²) in [6.07, 6.45) is -0.530. The summed E-state index contributed by atoms with van der Waals surface area (Å²) >= 11 is 0. The number of hydrogen-bond acceptors (Lipinski definition) is 11. The van der Waals surface area contributed by atoms with E-state index in [1.54, 1.807) is 21.1 Å². The number of ether oxygens (including phenoxy) is 4. The van der Waals surface area contributed by atoms with Gasteiger partial charge in [-0.25, -0.2) is 17.9 Å². The molecule has 1 unspecified atom stereocenters. The van der Waals surface area contributed by atoms with Crippen molar-refractivity contribution >= 4 is 18.4 Å². The third kappa shape index (κ3) is 8.91. The van der Waals surface area contributed by atoms with Crippen molar-refractivity contribution in [2.75, 3.05) is 33.2 Å². The molecule has 3 aromatic carbocycles. The predicted octanol–water partition coefficient (Wildman–Crippen LogP) is 5.83. The molecule has 13 nitrogen and oxygen atoms in total. The van der Waals surface area contributed by atoms with Gasteiger partial charge in [0.15, 0.2) is 9.84 Å². The number of aromatic nitrogens is 2. The second kappa shape index (κ2) is 17.1. The second-order valence-electron chi connectivity index (χ2n) is 14.4. The van der Waals surface area contributed by atoms with Gasteiger partial charge in [-0.15, -0.1) is 0 Å². The van der Waals surface area contributed by atoms with Crippen LogP contribution in [0.4, 0.5) is 0 Å².